The van der Waals surface area contributed by atoms with E-state index in [9.17, 15) is 4.79 Å². The highest BCUT2D eigenvalue weighted by Crippen LogP contribution is 2.33. The Kier molecular flexibility index (Phi) is 5.53. The van der Waals surface area contributed by atoms with Crippen LogP contribution in [0.4, 0.5) is 11.4 Å². The topological polar surface area (TPSA) is 106 Å². The van der Waals surface area contributed by atoms with Gasteiger partial charge in [-0.1, -0.05) is 6.07 Å². The van der Waals surface area contributed by atoms with Crippen LogP contribution in [0.3, 0.4) is 0 Å². The molecule has 5 rings (SSSR count). The maximum atomic E-state index is 13.0. The van der Waals surface area contributed by atoms with Gasteiger partial charge in [-0.3, -0.25) is 4.79 Å². The third-order valence-electron chi connectivity index (χ3n) is 6.67. The number of carbonyl (C=O) groups excluding carboxylic acids is 1. The summed E-state index contributed by atoms with van der Waals surface area (Å²) in [6.45, 7) is 3.56. The SMILES string of the molecule is CO[C@H]1CN(c2ccc3c(c2)CC[C@H](NC(=O)c2sc4nc(C)ccc4c2N)C3)C[C@H]1N. The molecule has 1 aromatic carbocycles. The van der Waals surface area contributed by atoms with Gasteiger partial charge in [-0.2, -0.15) is 0 Å². The number of ether oxygens (including phenoxy) is 1. The molecule has 8 heteroatoms. The summed E-state index contributed by atoms with van der Waals surface area (Å²) in [6.07, 6.45) is 2.74. The second kappa shape index (κ2) is 8.35. The lowest BCUT2D eigenvalue weighted by Crippen LogP contribution is -2.38. The van der Waals surface area contributed by atoms with Crippen molar-refractivity contribution in [3.05, 3.63) is 52.0 Å². The molecule has 2 aromatic heterocycles. The van der Waals surface area contributed by atoms with Crippen molar-refractivity contribution in [3.8, 4) is 0 Å². The van der Waals surface area contributed by atoms with E-state index in [1.807, 2.05) is 19.1 Å². The highest BCUT2D eigenvalue weighted by Gasteiger charge is 2.31. The summed E-state index contributed by atoms with van der Waals surface area (Å²) >= 11 is 1.36. The largest absolute Gasteiger partial charge is 0.397 e. The average Bonchev–Trinajstić information content (AvgIpc) is 3.32. The van der Waals surface area contributed by atoms with Crippen molar-refractivity contribution in [3.63, 3.8) is 0 Å². The number of anilines is 2. The Morgan fingerprint density at radius 3 is 2.88 bits per heavy atom. The molecular formula is C24H29N5O2S. The van der Waals surface area contributed by atoms with Crippen molar-refractivity contribution in [2.75, 3.05) is 30.8 Å². The number of hydrogen-bond acceptors (Lipinski definition) is 7. The van der Waals surface area contributed by atoms with Gasteiger partial charge in [0.15, 0.2) is 0 Å². The molecule has 0 spiro atoms. The lowest BCUT2D eigenvalue weighted by Gasteiger charge is -2.27. The monoisotopic (exact) mass is 451 g/mol. The predicted molar refractivity (Wildman–Crippen MR) is 129 cm³/mol. The minimum absolute atomic E-state index is 0.0380. The molecule has 1 aliphatic heterocycles. The van der Waals surface area contributed by atoms with E-state index in [1.165, 1.54) is 28.2 Å². The summed E-state index contributed by atoms with van der Waals surface area (Å²) in [5, 5.41) is 4.05. The van der Waals surface area contributed by atoms with E-state index in [0.29, 0.717) is 10.6 Å². The Labute approximate surface area is 191 Å². The van der Waals surface area contributed by atoms with Gasteiger partial charge in [0.2, 0.25) is 0 Å². The maximum absolute atomic E-state index is 13.0. The summed E-state index contributed by atoms with van der Waals surface area (Å²) in [4.78, 5) is 21.2. The van der Waals surface area contributed by atoms with Crippen molar-refractivity contribution in [1.82, 2.24) is 10.3 Å². The summed E-state index contributed by atoms with van der Waals surface area (Å²) < 4.78 is 5.49. The molecule has 168 valence electrons. The number of pyridine rings is 1. The molecular weight excluding hydrogens is 422 g/mol. The summed E-state index contributed by atoms with van der Waals surface area (Å²) in [6, 6.07) is 10.6. The number of nitrogen functional groups attached to an aromatic ring is 1. The number of nitrogens with zero attached hydrogens (tertiary/aromatic N) is 2. The van der Waals surface area contributed by atoms with Crippen molar-refractivity contribution in [1.29, 1.82) is 0 Å². The van der Waals surface area contributed by atoms with Crippen LogP contribution < -0.4 is 21.7 Å². The molecule has 1 aliphatic carbocycles. The first-order valence-electron chi connectivity index (χ1n) is 11.0. The summed E-state index contributed by atoms with van der Waals surface area (Å²) in [5.41, 5.74) is 17.7. The second-order valence-corrected chi connectivity index (χ2v) is 9.86. The van der Waals surface area contributed by atoms with E-state index in [2.05, 4.69) is 33.4 Å². The van der Waals surface area contributed by atoms with Crippen LogP contribution >= 0.6 is 11.3 Å². The Bertz CT molecular complexity index is 1180. The lowest BCUT2D eigenvalue weighted by molar-refractivity contribution is 0.0938. The molecule has 5 N–H and O–H groups in total. The van der Waals surface area contributed by atoms with Gasteiger partial charge in [0.1, 0.15) is 9.71 Å². The number of thiophene rings is 1. The number of amides is 1. The molecule has 1 fully saturated rings. The van der Waals surface area contributed by atoms with E-state index in [0.717, 1.165) is 48.3 Å². The quantitative estimate of drug-likeness (QED) is 0.563. The number of methoxy groups -OCH3 is 1. The van der Waals surface area contributed by atoms with Gasteiger partial charge in [0, 0.05) is 43.0 Å². The van der Waals surface area contributed by atoms with Gasteiger partial charge in [-0.05, 0) is 61.6 Å². The fraction of sp³-hybridized carbons (Fsp3) is 0.417. The Hall–Kier alpha value is -2.68. The molecule has 3 aromatic rings. The van der Waals surface area contributed by atoms with Gasteiger partial charge in [0.25, 0.3) is 5.91 Å². The predicted octanol–water partition coefficient (Wildman–Crippen LogP) is 2.64. The zero-order valence-corrected chi connectivity index (χ0v) is 19.2. The molecule has 0 bridgehead atoms. The van der Waals surface area contributed by atoms with E-state index in [-0.39, 0.29) is 24.1 Å². The standard InChI is InChI=1S/C24H29N5O2S/c1-13-3-8-18-21(26)22(32-24(18)27-13)23(30)28-16-6-4-15-10-17(7-5-14(15)9-16)29-11-19(25)20(12-29)31-2/h3,5,7-8,10,16,19-20H,4,6,9,11-12,25-26H2,1-2H3,(H,28,30)/t16-,19+,20-/m0/s1. The van der Waals surface area contributed by atoms with Crippen LogP contribution in [0.1, 0.15) is 32.9 Å². The number of rotatable bonds is 4. The van der Waals surface area contributed by atoms with E-state index in [4.69, 9.17) is 16.2 Å². The van der Waals surface area contributed by atoms with E-state index in [1.54, 1.807) is 7.11 Å². The van der Waals surface area contributed by atoms with Crippen LogP contribution in [-0.2, 0) is 17.6 Å². The summed E-state index contributed by atoms with van der Waals surface area (Å²) in [5.74, 6) is -0.107. The average molecular weight is 452 g/mol. The zero-order chi connectivity index (χ0) is 22.4. The van der Waals surface area contributed by atoms with Crippen molar-refractivity contribution in [2.45, 2.75) is 44.4 Å². The number of benzene rings is 1. The third-order valence-corrected chi connectivity index (χ3v) is 7.78. The Balaban J connectivity index is 1.28. The number of aryl methyl sites for hydroxylation is 2. The number of hydrogen-bond donors (Lipinski definition) is 3. The minimum atomic E-state index is -0.107. The van der Waals surface area contributed by atoms with Gasteiger partial charge in [-0.25, -0.2) is 4.98 Å². The van der Waals surface area contributed by atoms with Gasteiger partial charge in [0.05, 0.1) is 17.8 Å². The Morgan fingerprint density at radius 2 is 2.09 bits per heavy atom. The number of nitrogens with two attached hydrogens (primary N) is 2. The molecule has 1 saturated heterocycles. The van der Waals surface area contributed by atoms with Crippen LogP contribution in [0.2, 0.25) is 0 Å². The maximum Gasteiger partial charge on any atom is 0.263 e. The number of nitrogens with one attached hydrogen (secondary N) is 1. The van der Waals surface area contributed by atoms with Crippen LogP contribution in [0.25, 0.3) is 10.2 Å². The first kappa shape index (κ1) is 21.2. The van der Waals surface area contributed by atoms with Crippen LogP contribution in [-0.4, -0.2) is 49.3 Å². The number of carbonyl (C=O) groups is 1. The summed E-state index contributed by atoms with van der Waals surface area (Å²) in [7, 11) is 1.72. The zero-order valence-electron chi connectivity index (χ0n) is 18.4. The lowest BCUT2D eigenvalue weighted by atomic mass is 9.87. The molecule has 0 unspecified atom stereocenters. The highest BCUT2D eigenvalue weighted by molar-refractivity contribution is 7.21. The highest BCUT2D eigenvalue weighted by atomic mass is 32.1. The fourth-order valence-corrected chi connectivity index (χ4v) is 5.87. The van der Waals surface area contributed by atoms with Crippen molar-refractivity contribution in [2.24, 2.45) is 5.73 Å². The van der Waals surface area contributed by atoms with Crippen molar-refractivity contribution >= 4 is 38.8 Å². The van der Waals surface area contributed by atoms with Gasteiger partial charge in [-0.15, -0.1) is 11.3 Å². The first-order valence-corrected chi connectivity index (χ1v) is 11.9. The van der Waals surface area contributed by atoms with Crippen LogP contribution in [0, 0.1) is 6.92 Å². The second-order valence-electron chi connectivity index (χ2n) is 8.86. The molecule has 7 nitrogen and oxygen atoms in total. The molecule has 2 aliphatic rings. The Morgan fingerprint density at radius 1 is 1.25 bits per heavy atom. The number of fused-ring (bicyclic) bond motifs is 2. The minimum Gasteiger partial charge on any atom is -0.397 e. The normalized spacial score (nSPS) is 22.8. The molecule has 0 saturated carbocycles. The van der Waals surface area contributed by atoms with Crippen LogP contribution in [0.15, 0.2) is 30.3 Å². The third kappa shape index (κ3) is 3.83. The molecule has 3 atom stereocenters. The molecule has 32 heavy (non-hydrogen) atoms. The van der Waals surface area contributed by atoms with Gasteiger partial charge < -0.3 is 26.4 Å². The van der Waals surface area contributed by atoms with Gasteiger partial charge >= 0.3 is 0 Å². The fourth-order valence-electron chi connectivity index (χ4n) is 4.83. The van der Waals surface area contributed by atoms with Crippen LogP contribution in [0.5, 0.6) is 0 Å². The molecule has 0 radical (unpaired) electrons. The first-order chi connectivity index (χ1) is 15.4. The number of aromatic nitrogens is 1. The van der Waals surface area contributed by atoms with E-state index < -0.39 is 0 Å². The smallest absolute Gasteiger partial charge is 0.263 e. The van der Waals surface area contributed by atoms with Crippen molar-refractivity contribution < 1.29 is 9.53 Å². The molecule has 1 amide bonds. The van der Waals surface area contributed by atoms with E-state index >= 15 is 0 Å². The molecule has 3 heterocycles.